The molecule has 1 aliphatic heterocycles. The summed E-state index contributed by atoms with van der Waals surface area (Å²) in [5.41, 5.74) is -1.15. The Balaban J connectivity index is 2.08. The van der Waals surface area contributed by atoms with Crippen LogP contribution >= 0.6 is 11.6 Å². The number of sulfone groups is 1. The Labute approximate surface area is 189 Å². The van der Waals surface area contributed by atoms with E-state index in [-0.39, 0.29) is 33.8 Å². The van der Waals surface area contributed by atoms with Crippen LogP contribution in [0.2, 0.25) is 5.02 Å². The molecule has 1 aliphatic rings. The number of aromatic hydroxyl groups is 1. The molecule has 2 heterocycles. The van der Waals surface area contributed by atoms with E-state index in [9.17, 15) is 17.9 Å². The van der Waals surface area contributed by atoms with E-state index in [1.807, 2.05) is 18.7 Å². The van der Waals surface area contributed by atoms with Gasteiger partial charge >= 0.3 is 0 Å². The molecule has 1 saturated heterocycles. The topological polar surface area (TPSA) is 95.4 Å². The SMILES string of the molecule is C[C@@H]1CN(c2nc(S(C)(=O)=O)nc3c(F)c(-c4c(O)cccc4F)c(Cl)cc23)[C@@H](C)CN1. The van der Waals surface area contributed by atoms with E-state index >= 15 is 4.39 Å². The van der Waals surface area contributed by atoms with Crippen LogP contribution in [0.5, 0.6) is 5.75 Å². The molecule has 0 aliphatic carbocycles. The fourth-order valence-electron chi connectivity index (χ4n) is 3.85. The molecule has 0 unspecified atom stereocenters. The summed E-state index contributed by atoms with van der Waals surface area (Å²) < 4.78 is 54.9. The van der Waals surface area contributed by atoms with Gasteiger partial charge in [-0.3, -0.25) is 0 Å². The minimum atomic E-state index is -3.89. The zero-order chi connectivity index (χ0) is 23.4. The molecular weight excluding hydrogens is 462 g/mol. The van der Waals surface area contributed by atoms with Gasteiger partial charge in [-0.1, -0.05) is 17.7 Å². The number of hydrogen-bond donors (Lipinski definition) is 2. The van der Waals surface area contributed by atoms with E-state index in [1.165, 1.54) is 18.2 Å². The summed E-state index contributed by atoms with van der Waals surface area (Å²) in [6, 6.07) is 4.92. The third kappa shape index (κ3) is 3.87. The summed E-state index contributed by atoms with van der Waals surface area (Å²) in [7, 11) is -3.89. The molecule has 0 spiro atoms. The number of anilines is 1. The molecule has 3 aromatic rings. The molecule has 11 heteroatoms. The summed E-state index contributed by atoms with van der Waals surface area (Å²) in [6.07, 6.45) is 0.930. The van der Waals surface area contributed by atoms with Crippen LogP contribution in [0, 0.1) is 11.6 Å². The standard InChI is InChI=1S/C21H21ClF2N4O3S/c1-10-9-28(11(2)8-25-10)20-12-7-13(22)16(17-14(23)5-4-6-15(17)29)18(24)19(12)26-21(27-20)32(3,30)31/h4-7,10-11,25,29H,8-9H2,1-3H3/t10-,11+/m1/s1. The first-order valence-electron chi connectivity index (χ1n) is 9.86. The van der Waals surface area contributed by atoms with Crippen LogP contribution in [0.15, 0.2) is 29.4 Å². The first kappa shape index (κ1) is 22.6. The van der Waals surface area contributed by atoms with Gasteiger partial charge in [0.05, 0.1) is 10.6 Å². The quantitative estimate of drug-likeness (QED) is 0.551. The lowest BCUT2D eigenvalue weighted by Crippen LogP contribution is -2.54. The number of nitrogens with one attached hydrogen (secondary N) is 1. The highest BCUT2D eigenvalue weighted by Crippen LogP contribution is 2.42. The zero-order valence-electron chi connectivity index (χ0n) is 17.5. The second-order valence-electron chi connectivity index (χ2n) is 7.99. The number of phenolic OH excluding ortho intramolecular Hbond substituents is 1. The van der Waals surface area contributed by atoms with Crippen LogP contribution in [0.25, 0.3) is 22.0 Å². The van der Waals surface area contributed by atoms with E-state index in [0.717, 1.165) is 12.3 Å². The van der Waals surface area contributed by atoms with Gasteiger partial charge in [0.1, 0.15) is 22.9 Å². The number of hydrogen-bond acceptors (Lipinski definition) is 7. The Morgan fingerprint density at radius 1 is 1.22 bits per heavy atom. The Morgan fingerprint density at radius 2 is 1.94 bits per heavy atom. The molecule has 2 N–H and O–H groups in total. The maximum atomic E-state index is 15.8. The van der Waals surface area contributed by atoms with Crippen LogP contribution < -0.4 is 10.2 Å². The highest BCUT2D eigenvalue weighted by Gasteiger charge is 2.30. The molecule has 170 valence electrons. The van der Waals surface area contributed by atoms with Crippen molar-refractivity contribution >= 4 is 38.2 Å². The summed E-state index contributed by atoms with van der Waals surface area (Å²) in [6.45, 7) is 4.99. The molecule has 32 heavy (non-hydrogen) atoms. The molecule has 0 radical (unpaired) electrons. The molecule has 2 atom stereocenters. The lowest BCUT2D eigenvalue weighted by Gasteiger charge is -2.39. The molecule has 2 aromatic carbocycles. The fraction of sp³-hybridized carbons (Fsp3) is 0.333. The lowest BCUT2D eigenvalue weighted by atomic mass is 10.0. The number of fused-ring (bicyclic) bond motifs is 1. The molecule has 4 rings (SSSR count). The van der Waals surface area contributed by atoms with Gasteiger partial charge in [-0.2, -0.15) is 0 Å². The van der Waals surface area contributed by atoms with E-state index in [2.05, 4.69) is 15.3 Å². The number of rotatable bonds is 3. The van der Waals surface area contributed by atoms with Gasteiger partial charge < -0.3 is 15.3 Å². The van der Waals surface area contributed by atoms with E-state index < -0.39 is 43.5 Å². The van der Waals surface area contributed by atoms with E-state index in [1.54, 1.807) is 0 Å². The molecule has 0 bridgehead atoms. The highest BCUT2D eigenvalue weighted by atomic mass is 35.5. The van der Waals surface area contributed by atoms with Crippen molar-refractivity contribution < 1.29 is 22.3 Å². The molecular formula is C21H21ClF2N4O3S. The maximum absolute atomic E-state index is 15.8. The third-order valence-corrected chi connectivity index (χ3v) is 6.60. The Hall–Kier alpha value is -2.56. The second kappa shape index (κ2) is 8.09. The van der Waals surface area contributed by atoms with Crippen molar-refractivity contribution in [3.05, 3.63) is 40.9 Å². The smallest absolute Gasteiger partial charge is 0.249 e. The zero-order valence-corrected chi connectivity index (χ0v) is 19.1. The van der Waals surface area contributed by atoms with Crippen LogP contribution in [0.1, 0.15) is 13.8 Å². The van der Waals surface area contributed by atoms with Crippen molar-refractivity contribution in [1.82, 2.24) is 15.3 Å². The van der Waals surface area contributed by atoms with E-state index in [4.69, 9.17) is 11.6 Å². The molecule has 7 nitrogen and oxygen atoms in total. The average molecular weight is 483 g/mol. The normalized spacial score (nSPS) is 19.5. The van der Waals surface area contributed by atoms with Crippen molar-refractivity contribution in [2.75, 3.05) is 24.2 Å². The van der Waals surface area contributed by atoms with Crippen molar-refractivity contribution in [1.29, 1.82) is 0 Å². The van der Waals surface area contributed by atoms with Crippen LogP contribution in [0.3, 0.4) is 0 Å². The summed E-state index contributed by atoms with van der Waals surface area (Å²) >= 11 is 6.37. The average Bonchev–Trinajstić information content (AvgIpc) is 2.70. The Kier molecular flexibility index (Phi) is 5.72. The van der Waals surface area contributed by atoms with E-state index in [0.29, 0.717) is 13.1 Å². The van der Waals surface area contributed by atoms with Gasteiger partial charge in [0, 0.05) is 42.4 Å². The third-order valence-electron chi connectivity index (χ3n) is 5.45. The van der Waals surface area contributed by atoms with Gasteiger partial charge in [-0.25, -0.2) is 27.2 Å². The fourth-order valence-corrected chi connectivity index (χ4v) is 4.65. The first-order chi connectivity index (χ1) is 15.0. The number of benzene rings is 2. The molecule has 0 amide bonds. The second-order valence-corrected chi connectivity index (χ2v) is 10.3. The summed E-state index contributed by atoms with van der Waals surface area (Å²) in [4.78, 5) is 10.1. The van der Waals surface area contributed by atoms with Crippen molar-refractivity contribution in [2.24, 2.45) is 0 Å². The Morgan fingerprint density at radius 3 is 2.59 bits per heavy atom. The van der Waals surface area contributed by atoms with Gasteiger partial charge in [0.15, 0.2) is 5.82 Å². The maximum Gasteiger partial charge on any atom is 0.249 e. The summed E-state index contributed by atoms with van der Waals surface area (Å²) in [5.74, 6) is -2.21. The number of halogens is 3. The van der Waals surface area contributed by atoms with Crippen molar-refractivity contribution in [3.63, 3.8) is 0 Å². The van der Waals surface area contributed by atoms with Crippen LogP contribution in [0.4, 0.5) is 14.6 Å². The predicted molar refractivity (Wildman–Crippen MR) is 119 cm³/mol. The number of aromatic nitrogens is 2. The predicted octanol–water partition coefficient (Wildman–Crippen LogP) is 3.52. The number of piperazine rings is 1. The first-order valence-corrected chi connectivity index (χ1v) is 12.1. The van der Waals surface area contributed by atoms with Crippen LogP contribution in [-0.4, -0.2) is 54.9 Å². The largest absolute Gasteiger partial charge is 0.507 e. The molecule has 1 fully saturated rings. The van der Waals surface area contributed by atoms with Crippen LogP contribution in [-0.2, 0) is 9.84 Å². The van der Waals surface area contributed by atoms with Gasteiger partial charge in [0.2, 0.25) is 15.0 Å². The molecule has 0 saturated carbocycles. The number of phenols is 1. The van der Waals surface area contributed by atoms with Gasteiger partial charge in [-0.05, 0) is 32.0 Å². The van der Waals surface area contributed by atoms with Gasteiger partial charge in [-0.15, -0.1) is 0 Å². The minimum Gasteiger partial charge on any atom is -0.507 e. The highest BCUT2D eigenvalue weighted by molar-refractivity contribution is 7.90. The Bertz CT molecular complexity index is 1320. The minimum absolute atomic E-state index is 0.0752. The monoisotopic (exact) mass is 482 g/mol. The lowest BCUT2D eigenvalue weighted by molar-refractivity contribution is 0.422. The summed E-state index contributed by atoms with van der Waals surface area (Å²) in [5, 5.41) is 13.0. The van der Waals surface area contributed by atoms with Gasteiger partial charge in [0.25, 0.3) is 0 Å². The molecule has 1 aromatic heterocycles. The number of nitrogens with zero attached hydrogens (tertiary/aromatic N) is 3. The van der Waals surface area contributed by atoms with Crippen molar-refractivity contribution in [3.8, 4) is 16.9 Å². The van der Waals surface area contributed by atoms with Crippen molar-refractivity contribution in [2.45, 2.75) is 31.1 Å².